The van der Waals surface area contributed by atoms with Crippen molar-refractivity contribution in [3.63, 3.8) is 0 Å². The van der Waals surface area contributed by atoms with Gasteiger partial charge in [0.2, 0.25) is 5.91 Å². The minimum Gasteiger partial charge on any atom is -0.491 e. The molecule has 0 atom stereocenters. The molecule has 0 spiro atoms. The molecule has 1 aromatic carbocycles. The Labute approximate surface area is 153 Å². The summed E-state index contributed by atoms with van der Waals surface area (Å²) in [4.78, 5) is 13.0. The topological polar surface area (TPSA) is 77.4 Å². The number of carbonyl (C=O) groups excluding carboxylic acids is 1. The molecule has 0 unspecified atom stereocenters. The number of rotatable bonds is 8. The van der Waals surface area contributed by atoms with Gasteiger partial charge in [-0.15, -0.1) is 0 Å². The van der Waals surface area contributed by atoms with Crippen molar-refractivity contribution in [2.75, 3.05) is 33.4 Å². The van der Waals surface area contributed by atoms with E-state index in [9.17, 15) is 4.79 Å². The van der Waals surface area contributed by atoms with Gasteiger partial charge in [-0.2, -0.15) is 5.10 Å². The maximum absolute atomic E-state index is 13.0. The summed E-state index contributed by atoms with van der Waals surface area (Å²) in [5.74, 6) is 0.783. The average molecular weight is 358 g/mol. The Morgan fingerprint density at radius 3 is 2.88 bits per heavy atom. The van der Waals surface area contributed by atoms with Crippen molar-refractivity contribution in [1.82, 2.24) is 20.4 Å². The van der Waals surface area contributed by atoms with Crippen LogP contribution in [-0.2, 0) is 21.6 Å². The lowest BCUT2D eigenvalue weighted by atomic mass is 9.87. The maximum atomic E-state index is 13.0. The highest BCUT2D eigenvalue weighted by Crippen LogP contribution is 2.27. The molecule has 0 aliphatic carbocycles. The number of hydrogen-bond acceptors (Lipinski definition) is 5. The molecule has 2 N–H and O–H groups in total. The van der Waals surface area contributed by atoms with Crippen molar-refractivity contribution >= 4 is 5.91 Å². The minimum absolute atomic E-state index is 0.00778. The van der Waals surface area contributed by atoms with E-state index in [-0.39, 0.29) is 5.91 Å². The molecule has 1 aliphatic rings. The lowest BCUT2D eigenvalue weighted by Crippen LogP contribution is -2.54. The molecule has 140 valence electrons. The van der Waals surface area contributed by atoms with Gasteiger partial charge in [0.1, 0.15) is 17.9 Å². The summed E-state index contributed by atoms with van der Waals surface area (Å²) in [5, 5.41) is 10.7. The van der Waals surface area contributed by atoms with Gasteiger partial charge in [0, 0.05) is 26.0 Å². The van der Waals surface area contributed by atoms with E-state index in [1.54, 1.807) is 18.0 Å². The summed E-state index contributed by atoms with van der Waals surface area (Å²) in [5.41, 5.74) is 0.374. The van der Waals surface area contributed by atoms with Crippen LogP contribution in [0.3, 0.4) is 0 Å². The van der Waals surface area contributed by atoms with Crippen LogP contribution in [0.15, 0.2) is 42.7 Å². The number of ether oxygens (including phenoxy) is 2. The SMILES string of the molecule is COCCOc1cccc(CNC(=O)C2(n3cccn3)CCNCC2)c1. The Morgan fingerprint density at radius 1 is 1.31 bits per heavy atom. The van der Waals surface area contributed by atoms with Crippen LogP contribution in [0.5, 0.6) is 5.75 Å². The van der Waals surface area contributed by atoms with Crippen molar-refractivity contribution in [3.05, 3.63) is 48.3 Å². The summed E-state index contributed by atoms with van der Waals surface area (Å²) < 4.78 is 12.4. The fourth-order valence-corrected chi connectivity index (χ4v) is 3.26. The fraction of sp³-hybridized carbons (Fsp3) is 0.474. The lowest BCUT2D eigenvalue weighted by Gasteiger charge is -2.36. The smallest absolute Gasteiger partial charge is 0.248 e. The van der Waals surface area contributed by atoms with Gasteiger partial charge < -0.3 is 20.1 Å². The third-order valence-corrected chi connectivity index (χ3v) is 4.70. The molecule has 1 saturated heterocycles. The lowest BCUT2D eigenvalue weighted by molar-refractivity contribution is -0.132. The Kier molecular flexibility index (Phi) is 6.25. The fourth-order valence-electron chi connectivity index (χ4n) is 3.26. The van der Waals surface area contributed by atoms with Crippen LogP contribution in [0.1, 0.15) is 18.4 Å². The molecule has 0 radical (unpaired) electrons. The Hall–Kier alpha value is -2.38. The van der Waals surface area contributed by atoms with Crippen molar-refractivity contribution in [2.24, 2.45) is 0 Å². The molecule has 0 bridgehead atoms. The third-order valence-electron chi connectivity index (χ3n) is 4.70. The molecular weight excluding hydrogens is 332 g/mol. The van der Waals surface area contributed by atoms with Crippen molar-refractivity contribution in [1.29, 1.82) is 0 Å². The molecule has 7 heteroatoms. The van der Waals surface area contributed by atoms with Gasteiger partial charge in [0.25, 0.3) is 0 Å². The van der Waals surface area contributed by atoms with E-state index in [0.717, 1.165) is 37.2 Å². The van der Waals surface area contributed by atoms with Gasteiger partial charge in [0.15, 0.2) is 0 Å². The number of amides is 1. The number of methoxy groups -OCH3 is 1. The first-order chi connectivity index (χ1) is 12.7. The van der Waals surface area contributed by atoms with Crippen molar-refractivity contribution < 1.29 is 14.3 Å². The molecule has 7 nitrogen and oxygen atoms in total. The minimum atomic E-state index is -0.624. The molecule has 1 aliphatic heterocycles. The second-order valence-corrected chi connectivity index (χ2v) is 6.40. The first-order valence-electron chi connectivity index (χ1n) is 8.94. The van der Waals surface area contributed by atoms with E-state index >= 15 is 0 Å². The molecular formula is C19H26N4O3. The predicted octanol–water partition coefficient (Wildman–Crippen LogP) is 1.30. The van der Waals surface area contributed by atoms with E-state index < -0.39 is 5.54 Å². The number of nitrogens with zero attached hydrogens (tertiary/aromatic N) is 2. The summed E-state index contributed by atoms with van der Waals surface area (Å²) in [6.45, 7) is 3.10. The van der Waals surface area contributed by atoms with Crippen LogP contribution < -0.4 is 15.4 Å². The molecule has 2 heterocycles. The van der Waals surface area contributed by atoms with Crippen LogP contribution in [0, 0.1) is 0 Å². The first-order valence-corrected chi connectivity index (χ1v) is 8.94. The average Bonchev–Trinajstić information content (AvgIpc) is 3.22. The molecule has 1 amide bonds. The molecule has 2 aromatic rings. The highest BCUT2D eigenvalue weighted by atomic mass is 16.5. The van der Waals surface area contributed by atoms with Crippen LogP contribution in [-0.4, -0.2) is 49.1 Å². The van der Waals surface area contributed by atoms with Gasteiger partial charge in [-0.25, -0.2) is 0 Å². The van der Waals surface area contributed by atoms with Crippen LogP contribution >= 0.6 is 0 Å². The van der Waals surface area contributed by atoms with Gasteiger partial charge in [-0.3, -0.25) is 9.48 Å². The van der Waals surface area contributed by atoms with Crippen LogP contribution in [0.4, 0.5) is 0 Å². The molecule has 26 heavy (non-hydrogen) atoms. The summed E-state index contributed by atoms with van der Waals surface area (Å²) >= 11 is 0. The van der Waals surface area contributed by atoms with Crippen molar-refractivity contribution in [3.8, 4) is 5.75 Å². The van der Waals surface area contributed by atoms with Gasteiger partial charge in [0.05, 0.1) is 6.61 Å². The van der Waals surface area contributed by atoms with Crippen molar-refractivity contribution in [2.45, 2.75) is 24.9 Å². The Balaban J connectivity index is 1.64. The highest BCUT2D eigenvalue weighted by Gasteiger charge is 2.41. The Morgan fingerprint density at radius 2 is 2.15 bits per heavy atom. The van der Waals surface area contributed by atoms with E-state index in [1.165, 1.54) is 0 Å². The van der Waals surface area contributed by atoms with E-state index in [0.29, 0.717) is 19.8 Å². The number of nitrogens with one attached hydrogen (secondary N) is 2. The number of piperidine rings is 1. The zero-order chi connectivity index (χ0) is 18.2. The summed E-state index contributed by atoms with van der Waals surface area (Å²) in [6, 6.07) is 9.61. The number of aromatic nitrogens is 2. The molecule has 1 fully saturated rings. The van der Waals surface area contributed by atoms with E-state index in [4.69, 9.17) is 9.47 Å². The number of benzene rings is 1. The van der Waals surface area contributed by atoms with Gasteiger partial charge in [-0.05, 0) is 49.7 Å². The summed E-state index contributed by atoms with van der Waals surface area (Å²) in [6.07, 6.45) is 5.04. The monoisotopic (exact) mass is 358 g/mol. The number of carbonyl (C=O) groups is 1. The van der Waals surface area contributed by atoms with Crippen LogP contribution in [0.2, 0.25) is 0 Å². The quantitative estimate of drug-likeness (QED) is 0.696. The van der Waals surface area contributed by atoms with Gasteiger partial charge in [-0.1, -0.05) is 12.1 Å². The van der Waals surface area contributed by atoms with E-state index in [1.807, 2.05) is 36.5 Å². The molecule has 3 rings (SSSR count). The zero-order valence-corrected chi connectivity index (χ0v) is 15.1. The van der Waals surface area contributed by atoms with Gasteiger partial charge >= 0.3 is 0 Å². The van der Waals surface area contributed by atoms with E-state index in [2.05, 4.69) is 15.7 Å². The number of hydrogen-bond donors (Lipinski definition) is 2. The normalized spacial score (nSPS) is 16.2. The molecule has 1 aromatic heterocycles. The summed E-state index contributed by atoms with van der Waals surface area (Å²) in [7, 11) is 1.64. The molecule has 0 saturated carbocycles. The largest absolute Gasteiger partial charge is 0.491 e. The maximum Gasteiger partial charge on any atom is 0.248 e. The zero-order valence-electron chi connectivity index (χ0n) is 15.1. The standard InChI is InChI=1S/C19H26N4O3/c1-25-12-13-26-17-5-2-4-16(14-17)15-21-18(24)19(6-9-20-10-7-19)23-11-3-8-22-23/h2-5,8,11,14,20H,6-7,9-10,12-13,15H2,1H3,(H,21,24). The predicted molar refractivity (Wildman–Crippen MR) is 98.0 cm³/mol. The highest BCUT2D eigenvalue weighted by molar-refractivity contribution is 5.84. The Bertz CT molecular complexity index is 697. The first kappa shape index (κ1) is 18.4. The second kappa shape index (κ2) is 8.82. The van der Waals surface area contributed by atoms with Crippen LogP contribution in [0.25, 0.3) is 0 Å². The second-order valence-electron chi connectivity index (χ2n) is 6.40. The third kappa shape index (κ3) is 4.23.